The van der Waals surface area contributed by atoms with E-state index in [0.29, 0.717) is 0 Å². The number of hydrogen-bond donors (Lipinski definition) is 1. The molecule has 2 heterocycles. The normalized spacial score (nSPS) is 10.4. The Morgan fingerprint density at radius 1 is 1.43 bits per heavy atom. The largest absolute Gasteiger partial charge is 0.370 e. The maximum Gasteiger partial charge on any atom is 0.130 e. The molecule has 74 valence electrons. The molecule has 2 rings (SSSR count). The van der Waals surface area contributed by atoms with Crippen LogP contribution in [0.15, 0.2) is 12.3 Å². The Kier molecular flexibility index (Phi) is 2.79. The predicted molar refractivity (Wildman–Crippen MR) is 61.0 cm³/mol. The minimum Gasteiger partial charge on any atom is -0.370 e. The summed E-state index contributed by atoms with van der Waals surface area (Å²) < 4.78 is 3.79. The van der Waals surface area contributed by atoms with Gasteiger partial charge in [-0.2, -0.15) is 0 Å². The number of aryl methyl sites for hydroxylation is 2. The third kappa shape index (κ3) is 2.10. The highest BCUT2D eigenvalue weighted by molar-refractivity contribution is 7.12. The zero-order chi connectivity index (χ0) is 9.97. The van der Waals surface area contributed by atoms with Crippen LogP contribution in [0.2, 0.25) is 0 Å². The van der Waals surface area contributed by atoms with E-state index in [9.17, 15) is 0 Å². The van der Waals surface area contributed by atoms with Gasteiger partial charge in [0.2, 0.25) is 0 Å². The van der Waals surface area contributed by atoms with Crippen LogP contribution in [0.25, 0.3) is 0 Å². The van der Waals surface area contributed by atoms with Gasteiger partial charge in [0.1, 0.15) is 5.00 Å². The fraction of sp³-hybridized carbons (Fsp3) is 0.333. The molecule has 0 unspecified atom stereocenters. The molecule has 5 heteroatoms. The van der Waals surface area contributed by atoms with Gasteiger partial charge in [-0.1, -0.05) is 4.49 Å². The van der Waals surface area contributed by atoms with Gasteiger partial charge in [0.05, 0.1) is 6.20 Å². The monoisotopic (exact) mass is 225 g/mol. The quantitative estimate of drug-likeness (QED) is 0.873. The van der Waals surface area contributed by atoms with Gasteiger partial charge in [0.15, 0.2) is 0 Å². The molecule has 0 aliphatic heterocycles. The number of nitrogens with zero attached hydrogens (tertiary/aromatic N) is 2. The molecular formula is C9H11N3S2. The second kappa shape index (κ2) is 4.06. The van der Waals surface area contributed by atoms with Crippen LogP contribution in [-0.2, 0) is 6.54 Å². The van der Waals surface area contributed by atoms with Gasteiger partial charge in [-0.05, 0) is 25.5 Å². The van der Waals surface area contributed by atoms with Crippen molar-refractivity contribution in [1.82, 2.24) is 9.59 Å². The van der Waals surface area contributed by atoms with Crippen LogP contribution in [-0.4, -0.2) is 9.59 Å². The van der Waals surface area contributed by atoms with Crippen molar-refractivity contribution in [3.63, 3.8) is 0 Å². The Hall–Kier alpha value is -0.940. The van der Waals surface area contributed by atoms with E-state index in [1.807, 2.05) is 11.3 Å². The minimum atomic E-state index is 0.861. The summed E-state index contributed by atoms with van der Waals surface area (Å²) in [6.07, 6.45) is 1.75. The van der Waals surface area contributed by atoms with Crippen molar-refractivity contribution in [1.29, 1.82) is 0 Å². The Bertz CT molecular complexity index is 406. The molecule has 14 heavy (non-hydrogen) atoms. The molecule has 3 nitrogen and oxygen atoms in total. The maximum atomic E-state index is 3.79. The van der Waals surface area contributed by atoms with Crippen LogP contribution in [0.3, 0.4) is 0 Å². The predicted octanol–water partition coefficient (Wildman–Crippen LogP) is 2.83. The van der Waals surface area contributed by atoms with E-state index < -0.39 is 0 Å². The molecule has 0 amide bonds. The third-order valence-corrected chi connectivity index (χ3v) is 3.59. The average molecular weight is 225 g/mol. The van der Waals surface area contributed by atoms with E-state index in [4.69, 9.17) is 0 Å². The molecule has 0 aliphatic carbocycles. The van der Waals surface area contributed by atoms with Crippen molar-refractivity contribution < 1.29 is 0 Å². The van der Waals surface area contributed by atoms with Gasteiger partial charge in [-0.25, -0.2) is 0 Å². The standard InChI is InChI=1S/C9H11N3S2/c1-6-3-8(7(2)13-6)4-10-9-5-11-12-14-9/h3,5,10H,4H2,1-2H3. The maximum absolute atomic E-state index is 3.79. The first kappa shape index (κ1) is 9.61. The summed E-state index contributed by atoms with van der Waals surface area (Å²) >= 11 is 3.22. The highest BCUT2D eigenvalue weighted by Gasteiger charge is 2.02. The Labute approximate surface area is 91.0 Å². The van der Waals surface area contributed by atoms with Crippen molar-refractivity contribution in [2.45, 2.75) is 20.4 Å². The lowest BCUT2D eigenvalue weighted by Crippen LogP contribution is -1.97. The number of rotatable bonds is 3. The molecule has 0 fully saturated rings. The lowest BCUT2D eigenvalue weighted by molar-refractivity contribution is 1.13. The molecule has 0 radical (unpaired) electrons. The second-order valence-corrected chi connectivity index (χ2v) is 5.32. The first-order valence-electron chi connectivity index (χ1n) is 4.33. The van der Waals surface area contributed by atoms with Gasteiger partial charge in [-0.3, -0.25) is 0 Å². The van der Waals surface area contributed by atoms with Crippen LogP contribution in [0.1, 0.15) is 15.3 Å². The summed E-state index contributed by atoms with van der Waals surface area (Å²) in [6.45, 7) is 5.15. The molecule has 2 aromatic heterocycles. The molecule has 0 aromatic carbocycles. The summed E-state index contributed by atoms with van der Waals surface area (Å²) in [5.74, 6) is 0. The van der Waals surface area contributed by atoms with Crippen LogP contribution in [0, 0.1) is 13.8 Å². The second-order valence-electron chi connectivity index (χ2n) is 3.07. The highest BCUT2D eigenvalue weighted by atomic mass is 32.1. The van der Waals surface area contributed by atoms with Gasteiger partial charge < -0.3 is 5.32 Å². The lowest BCUT2D eigenvalue weighted by atomic mass is 10.2. The summed E-state index contributed by atoms with van der Waals surface area (Å²) in [7, 11) is 0. The smallest absolute Gasteiger partial charge is 0.130 e. The Balaban J connectivity index is 2.01. The summed E-state index contributed by atoms with van der Waals surface area (Å²) in [5, 5.41) is 8.09. The third-order valence-electron chi connectivity index (χ3n) is 1.96. The summed E-state index contributed by atoms with van der Waals surface area (Å²) in [4.78, 5) is 2.74. The van der Waals surface area contributed by atoms with Crippen LogP contribution in [0.5, 0.6) is 0 Å². The number of anilines is 1. The number of hydrogen-bond acceptors (Lipinski definition) is 5. The van der Waals surface area contributed by atoms with Crippen molar-refractivity contribution in [2.75, 3.05) is 5.32 Å². The molecular weight excluding hydrogens is 214 g/mol. The fourth-order valence-electron chi connectivity index (χ4n) is 1.29. The molecule has 0 atom stereocenters. The van der Waals surface area contributed by atoms with E-state index in [-0.39, 0.29) is 0 Å². The van der Waals surface area contributed by atoms with Crippen LogP contribution < -0.4 is 5.32 Å². The van der Waals surface area contributed by atoms with E-state index in [0.717, 1.165) is 11.5 Å². The van der Waals surface area contributed by atoms with Crippen LogP contribution >= 0.6 is 22.9 Å². The van der Waals surface area contributed by atoms with E-state index in [2.05, 4.69) is 34.8 Å². The van der Waals surface area contributed by atoms with E-state index >= 15 is 0 Å². The van der Waals surface area contributed by atoms with Gasteiger partial charge in [0, 0.05) is 27.8 Å². The molecule has 0 bridgehead atoms. The SMILES string of the molecule is Cc1cc(CNc2cnns2)c(C)s1. The molecule has 0 aliphatic rings. The zero-order valence-electron chi connectivity index (χ0n) is 8.07. The Morgan fingerprint density at radius 3 is 2.86 bits per heavy atom. The molecule has 0 saturated heterocycles. The highest BCUT2D eigenvalue weighted by Crippen LogP contribution is 2.21. The van der Waals surface area contributed by atoms with Crippen LogP contribution in [0.4, 0.5) is 5.00 Å². The summed E-state index contributed by atoms with van der Waals surface area (Å²) in [6, 6.07) is 2.22. The van der Waals surface area contributed by atoms with E-state index in [1.54, 1.807) is 6.20 Å². The Morgan fingerprint density at radius 2 is 2.29 bits per heavy atom. The van der Waals surface area contributed by atoms with E-state index in [1.165, 1.54) is 26.9 Å². The van der Waals surface area contributed by atoms with Crippen molar-refractivity contribution >= 4 is 27.9 Å². The van der Waals surface area contributed by atoms with Gasteiger partial charge >= 0.3 is 0 Å². The zero-order valence-corrected chi connectivity index (χ0v) is 9.71. The first-order chi connectivity index (χ1) is 6.75. The molecule has 0 saturated carbocycles. The van der Waals surface area contributed by atoms with Crippen molar-refractivity contribution in [2.24, 2.45) is 0 Å². The van der Waals surface area contributed by atoms with Crippen molar-refractivity contribution in [3.05, 3.63) is 27.6 Å². The van der Waals surface area contributed by atoms with Gasteiger partial charge in [0.25, 0.3) is 0 Å². The summed E-state index contributed by atoms with van der Waals surface area (Å²) in [5.41, 5.74) is 1.36. The number of aromatic nitrogens is 2. The topological polar surface area (TPSA) is 37.8 Å². The number of thiophene rings is 1. The van der Waals surface area contributed by atoms with Gasteiger partial charge in [-0.15, -0.1) is 16.4 Å². The van der Waals surface area contributed by atoms with Crippen molar-refractivity contribution in [3.8, 4) is 0 Å². The molecule has 0 spiro atoms. The first-order valence-corrected chi connectivity index (χ1v) is 5.92. The minimum absolute atomic E-state index is 0.861. The molecule has 1 N–H and O–H groups in total. The number of nitrogens with one attached hydrogen (secondary N) is 1. The molecule has 2 aromatic rings. The lowest BCUT2D eigenvalue weighted by Gasteiger charge is -2.00. The fourth-order valence-corrected chi connectivity index (χ4v) is 2.65. The average Bonchev–Trinajstić information content (AvgIpc) is 2.72.